The Morgan fingerprint density at radius 2 is 2.33 bits per heavy atom. The Kier molecular flexibility index (Phi) is 0.862. The van der Waals surface area contributed by atoms with E-state index < -0.39 is 0 Å². The quantitative estimate of drug-likeness (QED) is 0.462. The Labute approximate surface area is 36.5 Å². The van der Waals surface area contributed by atoms with Gasteiger partial charge in [0.25, 0.3) is 0 Å². The fourth-order valence-electron chi connectivity index (χ4n) is 0.406. The van der Waals surface area contributed by atoms with E-state index in [4.69, 9.17) is 0 Å². The maximum atomic E-state index is 9.41. The molecule has 0 aromatic heterocycles. The largest absolute Gasteiger partial charge is 0.151 e. The Morgan fingerprint density at radius 3 is 2.50 bits per heavy atom. The number of nitroso groups, excluding NO2 is 1. The Hall–Kier alpha value is -0.400. The van der Waals surface area contributed by atoms with Crippen molar-refractivity contribution in [3.8, 4) is 0 Å². The molecule has 0 heterocycles. The van der Waals surface area contributed by atoms with Crippen LogP contribution in [-0.4, -0.2) is 6.54 Å². The standard InChI is InChI=1S/C4H7NO/c6-5-3-4-1-2-4/h4H,1-3H2. The van der Waals surface area contributed by atoms with E-state index in [9.17, 15) is 4.91 Å². The summed E-state index contributed by atoms with van der Waals surface area (Å²) in [5.41, 5.74) is 0. The van der Waals surface area contributed by atoms with E-state index in [2.05, 4.69) is 5.18 Å². The molecule has 0 spiro atoms. The van der Waals surface area contributed by atoms with Crippen LogP contribution in [0.25, 0.3) is 0 Å². The van der Waals surface area contributed by atoms with Gasteiger partial charge in [0.2, 0.25) is 0 Å². The van der Waals surface area contributed by atoms with E-state index in [1.807, 2.05) is 0 Å². The van der Waals surface area contributed by atoms with Crippen molar-refractivity contribution in [2.24, 2.45) is 11.1 Å². The summed E-state index contributed by atoms with van der Waals surface area (Å²) < 4.78 is 0. The van der Waals surface area contributed by atoms with Crippen LogP contribution in [0.3, 0.4) is 0 Å². The highest BCUT2D eigenvalue weighted by Gasteiger charge is 2.20. The average molecular weight is 85.1 g/mol. The highest BCUT2D eigenvalue weighted by molar-refractivity contribution is 4.74. The van der Waals surface area contributed by atoms with Gasteiger partial charge in [0.1, 0.15) is 0 Å². The maximum absolute atomic E-state index is 9.41. The molecule has 6 heavy (non-hydrogen) atoms. The summed E-state index contributed by atoms with van der Waals surface area (Å²) in [6.07, 6.45) is 2.46. The first-order valence-corrected chi connectivity index (χ1v) is 2.22. The van der Waals surface area contributed by atoms with Crippen LogP contribution in [0.1, 0.15) is 12.8 Å². The molecule has 1 saturated carbocycles. The fourth-order valence-corrected chi connectivity index (χ4v) is 0.406. The van der Waals surface area contributed by atoms with Gasteiger partial charge in [-0.3, -0.25) is 0 Å². The van der Waals surface area contributed by atoms with Crippen LogP contribution >= 0.6 is 0 Å². The van der Waals surface area contributed by atoms with E-state index in [0.29, 0.717) is 12.5 Å². The van der Waals surface area contributed by atoms with Gasteiger partial charge in [0, 0.05) is 0 Å². The molecular weight excluding hydrogens is 78.0 g/mol. The van der Waals surface area contributed by atoms with E-state index in [1.54, 1.807) is 0 Å². The molecule has 0 aliphatic heterocycles. The minimum atomic E-state index is 0.556. The summed E-state index contributed by atoms with van der Waals surface area (Å²) in [7, 11) is 0. The second-order valence-corrected chi connectivity index (χ2v) is 1.76. The number of hydrogen-bond donors (Lipinski definition) is 0. The molecule has 0 radical (unpaired) electrons. The minimum absolute atomic E-state index is 0.556. The van der Waals surface area contributed by atoms with Crippen molar-refractivity contribution < 1.29 is 0 Å². The van der Waals surface area contributed by atoms with Crippen LogP contribution in [0, 0.1) is 10.8 Å². The first kappa shape index (κ1) is 3.78. The van der Waals surface area contributed by atoms with E-state index in [-0.39, 0.29) is 0 Å². The summed E-state index contributed by atoms with van der Waals surface area (Å²) in [6, 6.07) is 0. The number of nitrogens with zero attached hydrogens (tertiary/aromatic N) is 1. The third kappa shape index (κ3) is 0.776. The normalized spacial score (nSPS) is 20.7. The van der Waals surface area contributed by atoms with E-state index >= 15 is 0 Å². The lowest BCUT2D eigenvalue weighted by atomic mass is 10.4. The van der Waals surface area contributed by atoms with Gasteiger partial charge in [0.15, 0.2) is 0 Å². The van der Waals surface area contributed by atoms with Crippen LogP contribution in [-0.2, 0) is 0 Å². The molecule has 2 heteroatoms. The molecule has 0 aromatic rings. The molecule has 0 unspecified atom stereocenters. The molecule has 0 bridgehead atoms. The molecule has 34 valence electrons. The average Bonchev–Trinajstić information content (AvgIpc) is 2.21. The SMILES string of the molecule is O=NCC1CC1. The third-order valence-corrected chi connectivity index (χ3v) is 1.03. The lowest BCUT2D eigenvalue weighted by molar-refractivity contribution is 0.843. The van der Waals surface area contributed by atoms with Crippen molar-refractivity contribution in [2.45, 2.75) is 12.8 Å². The molecule has 0 saturated heterocycles. The first-order chi connectivity index (χ1) is 2.93. The van der Waals surface area contributed by atoms with Crippen molar-refractivity contribution >= 4 is 0 Å². The van der Waals surface area contributed by atoms with Crippen LogP contribution in [0.2, 0.25) is 0 Å². The van der Waals surface area contributed by atoms with Crippen molar-refractivity contribution in [3.63, 3.8) is 0 Å². The zero-order chi connectivity index (χ0) is 4.41. The lowest BCUT2D eigenvalue weighted by Gasteiger charge is -1.72. The highest BCUT2D eigenvalue weighted by atomic mass is 16.3. The van der Waals surface area contributed by atoms with Gasteiger partial charge in [-0.05, 0) is 18.8 Å². The summed E-state index contributed by atoms with van der Waals surface area (Å²) in [5.74, 6) is 0.669. The van der Waals surface area contributed by atoms with Gasteiger partial charge in [0.05, 0.1) is 6.54 Å². The molecule has 0 N–H and O–H groups in total. The van der Waals surface area contributed by atoms with Gasteiger partial charge in [-0.15, -0.1) is 0 Å². The molecular formula is C4H7NO. The number of rotatable bonds is 2. The monoisotopic (exact) mass is 85.1 g/mol. The van der Waals surface area contributed by atoms with E-state index in [1.165, 1.54) is 12.8 Å². The minimum Gasteiger partial charge on any atom is -0.151 e. The highest BCUT2D eigenvalue weighted by Crippen LogP contribution is 2.28. The van der Waals surface area contributed by atoms with Gasteiger partial charge in [-0.2, -0.15) is 4.91 Å². The molecule has 1 fully saturated rings. The maximum Gasteiger partial charge on any atom is 0.0839 e. The zero-order valence-corrected chi connectivity index (χ0v) is 3.55. The Balaban J connectivity index is 2.00. The predicted octanol–water partition coefficient (Wildman–Crippen LogP) is 1.16. The summed E-state index contributed by atoms with van der Waals surface area (Å²) in [4.78, 5) is 9.41. The Morgan fingerprint density at radius 1 is 1.67 bits per heavy atom. The molecule has 1 aliphatic rings. The number of hydrogen-bond acceptors (Lipinski definition) is 2. The van der Waals surface area contributed by atoms with Gasteiger partial charge < -0.3 is 0 Å². The van der Waals surface area contributed by atoms with Crippen LogP contribution in [0.4, 0.5) is 0 Å². The Bertz CT molecular complexity index is 58.6. The molecule has 0 amide bonds. The van der Waals surface area contributed by atoms with Gasteiger partial charge >= 0.3 is 0 Å². The van der Waals surface area contributed by atoms with Crippen molar-refractivity contribution in [1.82, 2.24) is 0 Å². The van der Waals surface area contributed by atoms with Crippen molar-refractivity contribution in [3.05, 3.63) is 4.91 Å². The lowest BCUT2D eigenvalue weighted by Crippen LogP contribution is -1.75. The molecule has 0 atom stereocenters. The molecule has 1 rings (SSSR count). The first-order valence-electron chi connectivity index (χ1n) is 2.22. The zero-order valence-electron chi connectivity index (χ0n) is 3.55. The van der Waals surface area contributed by atoms with Crippen molar-refractivity contribution in [1.29, 1.82) is 0 Å². The second kappa shape index (κ2) is 1.37. The summed E-state index contributed by atoms with van der Waals surface area (Å²) in [5, 5.41) is 2.75. The van der Waals surface area contributed by atoms with Crippen molar-refractivity contribution in [2.75, 3.05) is 6.54 Å². The van der Waals surface area contributed by atoms with Crippen LogP contribution in [0.15, 0.2) is 5.18 Å². The third-order valence-electron chi connectivity index (χ3n) is 1.03. The van der Waals surface area contributed by atoms with Gasteiger partial charge in [-0.1, -0.05) is 5.18 Å². The summed E-state index contributed by atoms with van der Waals surface area (Å²) >= 11 is 0. The summed E-state index contributed by atoms with van der Waals surface area (Å²) in [6.45, 7) is 0.556. The smallest absolute Gasteiger partial charge is 0.0839 e. The molecule has 2 nitrogen and oxygen atoms in total. The van der Waals surface area contributed by atoms with E-state index in [0.717, 1.165) is 0 Å². The molecule has 0 aromatic carbocycles. The van der Waals surface area contributed by atoms with Gasteiger partial charge in [-0.25, -0.2) is 0 Å². The van der Waals surface area contributed by atoms with Crippen LogP contribution in [0.5, 0.6) is 0 Å². The predicted molar refractivity (Wildman–Crippen MR) is 23.4 cm³/mol. The van der Waals surface area contributed by atoms with Crippen LogP contribution < -0.4 is 0 Å². The topological polar surface area (TPSA) is 29.4 Å². The second-order valence-electron chi connectivity index (χ2n) is 1.76. The molecule has 1 aliphatic carbocycles. The fraction of sp³-hybridized carbons (Fsp3) is 1.00.